The fraction of sp³-hybridized carbons (Fsp3) is 0.417. The zero-order chi connectivity index (χ0) is 14.8. The lowest BCUT2D eigenvalue weighted by molar-refractivity contribution is 0.0735. The average Bonchev–Trinajstić information content (AvgIpc) is 2.47. The summed E-state index contributed by atoms with van der Waals surface area (Å²) >= 11 is 0. The first-order chi connectivity index (χ1) is 9.45. The summed E-state index contributed by atoms with van der Waals surface area (Å²) in [7, 11) is -3.99. The van der Waals surface area contributed by atoms with Crippen LogP contribution in [0.25, 0.3) is 0 Å². The number of benzene rings is 1. The second kappa shape index (κ2) is 5.88. The molecule has 0 spiro atoms. The molecule has 1 aromatic carbocycles. The number of rotatable bonds is 3. The first kappa shape index (κ1) is 14.9. The molecule has 1 aliphatic rings. The Morgan fingerprint density at radius 3 is 2.60 bits per heavy atom. The maximum absolute atomic E-state index is 12.3. The molecule has 20 heavy (non-hydrogen) atoms. The van der Waals surface area contributed by atoms with Crippen LogP contribution in [-0.4, -0.2) is 50.6 Å². The molecular formula is C12H17N3O4S. The first-order valence-electron chi connectivity index (χ1n) is 6.22. The summed E-state index contributed by atoms with van der Waals surface area (Å²) in [5.74, 6) is -0.208. The number of aryl methyl sites for hydroxylation is 1. The average molecular weight is 299 g/mol. The van der Waals surface area contributed by atoms with Gasteiger partial charge in [0, 0.05) is 31.7 Å². The van der Waals surface area contributed by atoms with Crippen molar-refractivity contribution < 1.29 is 18.4 Å². The normalized spacial score (nSPS) is 16.2. The third-order valence-corrected chi connectivity index (χ3v) is 4.51. The van der Waals surface area contributed by atoms with Gasteiger partial charge in [-0.15, -0.1) is 0 Å². The van der Waals surface area contributed by atoms with E-state index in [-0.39, 0.29) is 10.8 Å². The number of nitrogens with zero attached hydrogens (tertiary/aromatic N) is 1. The Balaban J connectivity index is 2.34. The van der Waals surface area contributed by atoms with Gasteiger partial charge in [-0.1, -0.05) is 11.0 Å². The number of hydrogen-bond acceptors (Lipinski definition) is 5. The van der Waals surface area contributed by atoms with E-state index >= 15 is 0 Å². The summed E-state index contributed by atoms with van der Waals surface area (Å²) in [5.41, 5.74) is 0.759. The molecule has 0 saturated carbocycles. The Hall–Kier alpha value is -1.48. The first-order valence-corrected chi connectivity index (χ1v) is 7.70. The van der Waals surface area contributed by atoms with Crippen LogP contribution in [0.2, 0.25) is 0 Å². The third kappa shape index (κ3) is 2.98. The highest BCUT2D eigenvalue weighted by atomic mass is 32.2. The van der Waals surface area contributed by atoms with Crippen LogP contribution >= 0.6 is 0 Å². The summed E-state index contributed by atoms with van der Waals surface area (Å²) < 4.78 is 23.4. The van der Waals surface area contributed by atoms with E-state index in [0.717, 1.165) is 13.1 Å². The molecule has 0 aromatic heterocycles. The second-order valence-electron chi connectivity index (χ2n) is 4.62. The molecule has 1 aromatic rings. The van der Waals surface area contributed by atoms with Crippen molar-refractivity contribution in [1.82, 2.24) is 15.1 Å². The topological polar surface area (TPSA) is 98.7 Å². The van der Waals surface area contributed by atoms with Crippen LogP contribution in [-0.2, 0) is 10.0 Å². The van der Waals surface area contributed by atoms with Gasteiger partial charge in [0.2, 0.25) is 0 Å². The molecule has 0 atom stereocenters. The van der Waals surface area contributed by atoms with E-state index in [0.29, 0.717) is 24.2 Å². The van der Waals surface area contributed by atoms with Crippen molar-refractivity contribution >= 4 is 15.9 Å². The van der Waals surface area contributed by atoms with Crippen molar-refractivity contribution in [3.05, 3.63) is 29.3 Å². The van der Waals surface area contributed by atoms with Gasteiger partial charge in [-0.05, 0) is 24.6 Å². The van der Waals surface area contributed by atoms with Gasteiger partial charge in [0.25, 0.3) is 15.9 Å². The van der Waals surface area contributed by atoms with Gasteiger partial charge in [-0.2, -0.15) is 0 Å². The van der Waals surface area contributed by atoms with Gasteiger partial charge in [0.15, 0.2) is 0 Å². The lowest BCUT2D eigenvalue weighted by Crippen LogP contribution is -2.46. The molecule has 110 valence electrons. The standard InChI is InChI=1S/C12H17N3O4S/c1-9-2-3-10(8-11(9)20(18,19)14-17)12(16)15-6-4-13-5-7-15/h2-3,8,13-14,17H,4-7H2,1H3. The summed E-state index contributed by atoms with van der Waals surface area (Å²) in [6, 6.07) is 4.44. The van der Waals surface area contributed by atoms with Crippen LogP contribution in [0, 0.1) is 6.92 Å². The molecule has 3 N–H and O–H groups in total. The van der Waals surface area contributed by atoms with Crippen LogP contribution in [0.15, 0.2) is 23.1 Å². The molecule has 7 nitrogen and oxygen atoms in total. The number of hydrogen-bond donors (Lipinski definition) is 3. The predicted octanol–water partition coefficient (Wildman–Crippen LogP) is -0.292. The second-order valence-corrected chi connectivity index (χ2v) is 6.25. The Morgan fingerprint density at radius 1 is 1.35 bits per heavy atom. The molecular weight excluding hydrogens is 282 g/mol. The quantitative estimate of drug-likeness (QED) is 0.666. The lowest BCUT2D eigenvalue weighted by Gasteiger charge is -2.27. The molecule has 0 unspecified atom stereocenters. The maximum atomic E-state index is 12.3. The van der Waals surface area contributed by atoms with Gasteiger partial charge in [0.1, 0.15) is 0 Å². The molecule has 1 fully saturated rings. The van der Waals surface area contributed by atoms with Gasteiger partial charge in [-0.25, -0.2) is 8.42 Å². The minimum atomic E-state index is -3.99. The van der Waals surface area contributed by atoms with Crippen LogP contribution < -0.4 is 10.2 Å². The highest BCUT2D eigenvalue weighted by Crippen LogP contribution is 2.18. The summed E-state index contributed by atoms with van der Waals surface area (Å²) in [6.07, 6.45) is 0. The van der Waals surface area contributed by atoms with Gasteiger partial charge < -0.3 is 15.4 Å². The highest BCUT2D eigenvalue weighted by Gasteiger charge is 2.22. The van der Waals surface area contributed by atoms with E-state index in [2.05, 4.69) is 5.32 Å². The highest BCUT2D eigenvalue weighted by molar-refractivity contribution is 7.89. The predicted molar refractivity (Wildman–Crippen MR) is 72.1 cm³/mol. The van der Waals surface area contributed by atoms with Crippen molar-refractivity contribution in [2.24, 2.45) is 0 Å². The van der Waals surface area contributed by atoms with E-state index in [1.165, 1.54) is 11.0 Å². The largest absolute Gasteiger partial charge is 0.336 e. The number of carbonyl (C=O) groups excluding carboxylic acids is 1. The van der Waals surface area contributed by atoms with Gasteiger partial charge in [0.05, 0.1) is 4.90 Å². The molecule has 1 amide bonds. The lowest BCUT2D eigenvalue weighted by atomic mass is 10.1. The van der Waals surface area contributed by atoms with Crippen molar-refractivity contribution in [2.75, 3.05) is 26.2 Å². The zero-order valence-electron chi connectivity index (χ0n) is 11.1. The number of sulfonamides is 1. The van der Waals surface area contributed by atoms with E-state index in [9.17, 15) is 13.2 Å². The van der Waals surface area contributed by atoms with Crippen molar-refractivity contribution in [3.63, 3.8) is 0 Å². The van der Waals surface area contributed by atoms with Crippen LogP contribution in [0.3, 0.4) is 0 Å². The van der Waals surface area contributed by atoms with Crippen LogP contribution in [0.5, 0.6) is 0 Å². The Labute approximate surface area is 117 Å². The zero-order valence-corrected chi connectivity index (χ0v) is 11.9. The van der Waals surface area contributed by atoms with E-state index in [1.54, 1.807) is 24.0 Å². The smallest absolute Gasteiger partial charge is 0.262 e. The number of carbonyl (C=O) groups is 1. The fourth-order valence-electron chi connectivity index (χ4n) is 2.12. The molecule has 0 bridgehead atoms. The van der Waals surface area contributed by atoms with E-state index < -0.39 is 10.0 Å². The maximum Gasteiger partial charge on any atom is 0.262 e. The Kier molecular flexibility index (Phi) is 4.39. The van der Waals surface area contributed by atoms with Crippen molar-refractivity contribution in [2.45, 2.75) is 11.8 Å². The number of nitrogens with one attached hydrogen (secondary N) is 2. The number of piperazine rings is 1. The van der Waals surface area contributed by atoms with Gasteiger partial charge in [-0.3, -0.25) is 4.79 Å². The molecule has 8 heteroatoms. The molecule has 1 saturated heterocycles. The molecule has 1 heterocycles. The van der Waals surface area contributed by atoms with E-state index in [1.807, 2.05) is 0 Å². The number of amides is 1. The third-order valence-electron chi connectivity index (χ3n) is 3.25. The molecule has 0 radical (unpaired) electrons. The van der Waals surface area contributed by atoms with Crippen LogP contribution in [0.1, 0.15) is 15.9 Å². The summed E-state index contributed by atoms with van der Waals surface area (Å²) in [4.78, 5) is 15.2. The molecule has 0 aliphatic carbocycles. The summed E-state index contributed by atoms with van der Waals surface area (Å²) in [5, 5.41) is 11.9. The monoisotopic (exact) mass is 299 g/mol. The molecule has 1 aliphatic heterocycles. The van der Waals surface area contributed by atoms with Crippen molar-refractivity contribution in [1.29, 1.82) is 0 Å². The minimum Gasteiger partial charge on any atom is -0.336 e. The van der Waals surface area contributed by atoms with Crippen molar-refractivity contribution in [3.8, 4) is 0 Å². The Bertz CT molecular complexity index is 609. The molecule has 2 rings (SSSR count). The minimum absolute atomic E-state index is 0.0963. The fourth-order valence-corrected chi connectivity index (χ4v) is 2.99. The van der Waals surface area contributed by atoms with E-state index in [4.69, 9.17) is 5.21 Å². The summed E-state index contributed by atoms with van der Waals surface area (Å²) in [6.45, 7) is 4.23. The van der Waals surface area contributed by atoms with Crippen LogP contribution in [0.4, 0.5) is 0 Å². The Morgan fingerprint density at radius 2 is 2.00 bits per heavy atom. The SMILES string of the molecule is Cc1ccc(C(=O)N2CCNCC2)cc1S(=O)(=O)NO. The van der Waals surface area contributed by atoms with Gasteiger partial charge >= 0.3 is 0 Å².